The molecule has 182 valence electrons. The van der Waals surface area contributed by atoms with E-state index >= 15 is 0 Å². The SMILES string of the molecule is C[C@@H](NC(=O)[C@@H](N)CCCCN)[C@@H](Cc1ccccc1)B1OC2CC3CC(C3(C)C)[C@@]2(C)O1. The highest BCUT2D eigenvalue weighted by atomic mass is 16.7. The maximum Gasteiger partial charge on any atom is 0.463 e. The van der Waals surface area contributed by atoms with Crippen molar-refractivity contribution in [1.82, 2.24) is 5.32 Å². The van der Waals surface area contributed by atoms with Crippen molar-refractivity contribution >= 4 is 13.0 Å². The van der Waals surface area contributed by atoms with Crippen molar-refractivity contribution in [2.24, 2.45) is 28.7 Å². The van der Waals surface area contributed by atoms with Crippen LogP contribution in [-0.2, 0) is 20.5 Å². The van der Waals surface area contributed by atoms with Crippen molar-refractivity contribution in [2.45, 2.75) is 95.8 Å². The van der Waals surface area contributed by atoms with Crippen LogP contribution in [0.15, 0.2) is 30.3 Å². The molecule has 1 aromatic carbocycles. The fourth-order valence-electron chi connectivity index (χ4n) is 6.56. The van der Waals surface area contributed by atoms with Crippen molar-refractivity contribution in [2.75, 3.05) is 6.54 Å². The van der Waals surface area contributed by atoms with Crippen LogP contribution < -0.4 is 16.8 Å². The van der Waals surface area contributed by atoms with Gasteiger partial charge in [-0.15, -0.1) is 0 Å². The van der Waals surface area contributed by atoms with Gasteiger partial charge in [-0.1, -0.05) is 50.6 Å². The van der Waals surface area contributed by atoms with Crippen LogP contribution in [0.4, 0.5) is 0 Å². The summed E-state index contributed by atoms with van der Waals surface area (Å²) in [5.41, 5.74) is 13.0. The van der Waals surface area contributed by atoms with Crippen LogP contribution in [0, 0.1) is 17.3 Å². The summed E-state index contributed by atoms with van der Waals surface area (Å²) in [6, 6.07) is 9.74. The first-order valence-corrected chi connectivity index (χ1v) is 12.8. The number of unbranched alkanes of at least 4 members (excludes halogenated alkanes) is 1. The minimum Gasteiger partial charge on any atom is -0.405 e. The molecule has 5 N–H and O–H groups in total. The van der Waals surface area contributed by atoms with Gasteiger partial charge in [0.2, 0.25) is 5.91 Å². The molecule has 1 heterocycles. The molecule has 4 fully saturated rings. The van der Waals surface area contributed by atoms with Gasteiger partial charge < -0.3 is 26.1 Å². The van der Waals surface area contributed by atoms with Crippen LogP contribution in [0.1, 0.15) is 65.4 Å². The van der Waals surface area contributed by atoms with Gasteiger partial charge in [0.05, 0.1) is 17.7 Å². The van der Waals surface area contributed by atoms with E-state index in [-0.39, 0.29) is 36.6 Å². The highest BCUT2D eigenvalue weighted by molar-refractivity contribution is 6.47. The summed E-state index contributed by atoms with van der Waals surface area (Å²) in [4.78, 5) is 12.8. The molecule has 3 unspecified atom stereocenters. The molecular weight excluding hydrogens is 413 g/mol. The Hall–Kier alpha value is -1.41. The lowest BCUT2D eigenvalue weighted by atomic mass is 9.43. The quantitative estimate of drug-likeness (QED) is 0.371. The Morgan fingerprint density at radius 3 is 2.61 bits per heavy atom. The van der Waals surface area contributed by atoms with Crippen molar-refractivity contribution in [3.8, 4) is 0 Å². The smallest absolute Gasteiger partial charge is 0.405 e. The van der Waals surface area contributed by atoms with Gasteiger partial charge in [-0.25, -0.2) is 0 Å². The number of rotatable bonds is 10. The molecule has 1 amide bonds. The lowest BCUT2D eigenvalue weighted by molar-refractivity contribution is -0.199. The third-order valence-corrected chi connectivity index (χ3v) is 8.95. The zero-order valence-electron chi connectivity index (χ0n) is 20.8. The molecule has 1 aliphatic heterocycles. The fourth-order valence-corrected chi connectivity index (χ4v) is 6.56. The number of hydrogen-bond donors (Lipinski definition) is 3. The maximum atomic E-state index is 12.8. The monoisotopic (exact) mass is 455 g/mol. The third-order valence-electron chi connectivity index (χ3n) is 8.95. The predicted octanol–water partition coefficient (Wildman–Crippen LogP) is 3.29. The van der Waals surface area contributed by atoms with E-state index in [1.54, 1.807) is 0 Å². The Morgan fingerprint density at radius 1 is 1.21 bits per heavy atom. The van der Waals surface area contributed by atoms with Crippen molar-refractivity contribution in [1.29, 1.82) is 0 Å². The summed E-state index contributed by atoms with van der Waals surface area (Å²) >= 11 is 0. The van der Waals surface area contributed by atoms with Crippen LogP contribution in [0.3, 0.4) is 0 Å². The predicted molar refractivity (Wildman–Crippen MR) is 132 cm³/mol. The van der Waals surface area contributed by atoms with Gasteiger partial charge in [0.1, 0.15) is 0 Å². The molecular formula is C26H42BN3O3. The second-order valence-corrected chi connectivity index (χ2v) is 11.4. The molecule has 6 nitrogen and oxygen atoms in total. The van der Waals surface area contributed by atoms with Gasteiger partial charge in [0.25, 0.3) is 0 Å². The highest BCUT2D eigenvalue weighted by Gasteiger charge is 2.68. The Labute approximate surface area is 199 Å². The van der Waals surface area contributed by atoms with Gasteiger partial charge in [-0.3, -0.25) is 4.79 Å². The zero-order valence-corrected chi connectivity index (χ0v) is 20.8. The molecule has 4 aliphatic rings. The number of nitrogens with two attached hydrogens (primary N) is 2. The third kappa shape index (κ3) is 4.75. The van der Waals surface area contributed by atoms with Crippen LogP contribution in [0.25, 0.3) is 0 Å². The van der Waals surface area contributed by atoms with Crippen LogP contribution in [0.2, 0.25) is 5.82 Å². The molecule has 3 saturated carbocycles. The van der Waals surface area contributed by atoms with Crippen molar-refractivity contribution < 1.29 is 14.1 Å². The molecule has 0 aromatic heterocycles. The number of carbonyl (C=O) groups is 1. The number of hydrogen-bond acceptors (Lipinski definition) is 5. The topological polar surface area (TPSA) is 99.6 Å². The Kier molecular flexibility index (Phi) is 7.25. The normalized spacial score (nSPS) is 32.4. The number of nitrogens with one attached hydrogen (secondary N) is 1. The van der Waals surface area contributed by atoms with Gasteiger partial charge in [-0.2, -0.15) is 0 Å². The van der Waals surface area contributed by atoms with E-state index in [0.29, 0.717) is 30.2 Å². The molecule has 1 saturated heterocycles. The van der Waals surface area contributed by atoms with E-state index in [4.69, 9.17) is 20.8 Å². The average Bonchev–Trinajstić information content (AvgIpc) is 3.14. The number of carbonyl (C=O) groups excluding carboxylic acids is 1. The molecule has 7 heteroatoms. The molecule has 1 aromatic rings. The number of amides is 1. The molecule has 2 bridgehead atoms. The first-order valence-electron chi connectivity index (χ1n) is 12.8. The number of benzene rings is 1. The lowest BCUT2D eigenvalue weighted by Gasteiger charge is -2.64. The molecule has 5 rings (SSSR count). The van der Waals surface area contributed by atoms with Gasteiger partial charge in [-0.05, 0) is 75.3 Å². The van der Waals surface area contributed by atoms with E-state index in [9.17, 15) is 4.79 Å². The van der Waals surface area contributed by atoms with Crippen LogP contribution >= 0.6 is 0 Å². The minimum atomic E-state index is -0.519. The second kappa shape index (κ2) is 9.69. The summed E-state index contributed by atoms with van der Waals surface area (Å²) in [7, 11) is -0.348. The van der Waals surface area contributed by atoms with Gasteiger partial charge in [0.15, 0.2) is 0 Å². The highest BCUT2D eigenvalue weighted by Crippen LogP contribution is 2.66. The fraction of sp³-hybridized carbons (Fsp3) is 0.731. The molecule has 33 heavy (non-hydrogen) atoms. The summed E-state index contributed by atoms with van der Waals surface area (Å²) in [5, 5.41) is 3.18. The minimum absolute atomic E-state index is 0.00432. The standard InChI is InChI=1S/C26H42BN3O3/c1-17(30-24(31)21(29)12-8-9-13-28)20(14-18-10-6-5-7-11-18)27-32-23-16-19-15-22(25(19,2)3)26(23,4)33-27/h5-7,10-11,17,19-23H,8-9,12-16,28-29H2,1-4H3,(H,30,31)/t17-,19?,20-,21+,22?,23?,26-/m1/s1. The van der Waals surface area contributed by atoms with E-state index < -0.39 is 6.04 Å². The Morgan fingerprint density at radius 2 is 1.94 bits per heavy atom. The molecule has 0 radical (unpaired) electrons. The summed E-state index contributed by atoms with van der Waals surface area (Å²) < 4.78 is 13.4. The summed E-state index contributed by atoms with van der Waals surface area (Å²) in [5.74, 6) is 1.11. The van der Waals surface area contributed by atoms with Crippen molar-refractivity contribution in [3.63, 3.8) is 0 Å². The molecule has 0 spiro atoms. The zero-order chi connectivity index (χ0) is 23.8. The van der Waals surface area contributed by atoms with E-state index in [0.717, 1.165) is 25.7 Å². The van der Waals surface area contributed by atoms with Crippen LogP contribution in [-0.4, -0.2) is 43.4 Å². The second-order valence-electron chi connectivity index (χ2n) is 11.4. The van der Waals surface area contributed by atoms with Crippen LogP contribution in [0.5, 0.6) is 0 Å². The van der Waals surface area contributed by atoms with E-state index in [1.807, 2.05) is 6.07 Å². The summed E-state index contributed by atoms with van der Waals surface area (Å²) in [6.07, 6.45) is 5.57. The largest absolute Gasteiger partial charge is 0.463 e. The molecule has 7 atom stereocenters. The van der Waals surface area contributed by atoms with E-state index in [1.165, 1.54) is 12.0 Å². The maximum absolute atomic E-state index is 12.8. The van der Waals surface area contributed by atoms with Gasteiger partial charge >= 0.3 is 7.12 Å². The lowest BCUT2D eigenvalue weighted by Crippen LogP contribution is -2.65. The molecule has 3 aliphatic carbocycles. The van der Waals surface area contributed by atoms with Gasteiger partial charge in [0, 0.05) is 11.9 Å². The first-order chi connectivity index (χ1) is 15.7. The Bertz CT molecular complexity index is 822. The summed E-state index contributed by atoms with van der Waals surface area (Å²) in [6.45, 7) is 9.67. The average molecular weight is 455 g/mol. The van der Waals surface area contributed by atoms with E-state index in [2.05, 4.69) is 57.3 Å². The Balaban J connectivity index is 1.48. The first kappa shape index (κ1) is 24.7. The van der Waals surface area contributed by atoms with Crippen molar-refractivity contribution in [3.05, 3.63) is 35.9 Å².